The largest absolute Gasteiger partial charge is 0.471 e. The number of aryl methyl sites for hydroxylation is 3. The Morgan fingerprint density at radius 3 is 2.30 bits per heavy atom. The number of rotatable bonds is 7. The quantitative estimate of drug-likeness (QED) is 0.470. The van der Waals surface area contributed by atoms with E-state index in [4.69, 9.17) is 10.5 Å². The number of nitrogens with zero attached hydrogens (tertiary/aromatic N) is 5. The molecular weight excluding hydrogens is 414 g/mol. The number of ether oxygens (including phenoxy) is 1. The number of nitrogen functional groups attached to an aromatic ring is 1. The number of aromatic nitrogens is 5. The summed E-state index contributed by atoms with van der Waals surface area (Å²) in [6.45, 7) is 20.6. The minimum atomic E-state index is 0.318. The molecule has 3 heterocycles. The average molecular weight is 456 g/mol. The van der Waals surface area contributed by atoms with Gasteiger partial charge in [0.25, 0.3) is 0 Å². The topological polar surface area (TPSA) is 104 Å². The van der Waals surface area contributed by atoms with E-state index in [-0.39, 0.29) is 0 Å². The lowest BCUT2D eigenvalue weighted by Gasteiger charge is -2.12. The van der Waals surface area contributed by atoms with E-state index in [9.17, 15) is 0 Å². The standard InChI is InChI=1S/C19H23N7O.3C2H6/c1-5-18-25-14(9-26(18)4)10-27-19-7-17(22-11-23-19)21-8-15-12(2)6-16(20)24-13(15)3;3*1-2/h5-7,9,11H,1,8,10H2,2-4H3,(H2,20,24)(H,21,22,23);3*1-2H3. The van der Waals surface area contributed by atoms with E-state index < -0.39 is 0 Å². The van der Waals surface area contributed by atoms with Gasteiger partial charge in [-0.25, -0.2) is 19.9 Å². The number of anilines is 2. The Morgan fingerprint density at radius 1 is 1.06 bits per heavy atom. The minimum Gasteiger partial charge on any atom is -0.471 e. The van der Waals surface area contributed by atoms with Gasteiger partial charge in [0.1, 0.15) is 30.4 Å². The fraction of sp³-hybridized carbons (Fsp3) is 0.440. The van der Waals surface area contributed by atoms with Crippen LogP contribution >= 0.6 is 0 Å². The molecule has 0 bridgehead atoms. The molecule has 0 saturated carbocycles. The third-order valence-corrected chi connectivity index (χ3v) is 4.17. The Hall–Kier alpha value is -3.42. The van der Waals surface area contributed by atoms with Gasteiger partial charge >= 0.3 is 0 Å². The first-order valence-electron chi connectivity index (χ1n) is 11.5. The molecule has 8 heteroatoms. The second kappa shape index (κ2) is 16.2. The highest BCUT2D eigenvalue weighted by Gasteiger charge is 2.08. The number of hydrogen-bond acceptors (Lipinski definition) is 7. The van der Waals surface area contributed by atoms with Crippen molar-refractivity contribution in [3.63, 3.8) is 0 Å². The Bertz CT molecular complexity index is 944. The molecule has 0 unspecified atom stereocenters. The van der Waals surface area contributed by atoms with Crippen LogP contribution in [-0.2, 0) is 20.2 Å². The van der Waals surface area contributed by atoms with Gasteiger partial charge in [0.2, 0.25) is 5.88 Å². The molecule has 0 aliphatic rings. The second-order valence-corrected chi connectivity index (χ2v) is 6.22. The lowest BCUT2D eigenvalue weighted by molar-refractivity contribution is 0.289. The molecule has 3 aromatic rings. The van der Waals surface area contributed by atoms with Crippen molar-refractivity contribution in [3.8, 4) is 5.88 Å². The second-order valence-electron chi connectivity index (χ2n) is 6.22. The van der Waals surface area contributed by atoms with E-state index in [1.807, 2.05) is 79.3 Å². The highest BCUT2D eigenvalue weighted by Crippen LogP contribution is 2.18. The van der Waals surface area contributed by atoms with Crippen LogP contribution in [0.4, 0.5) is 11.6 Å². The van der Waals surface area contributed by atoms with E-state index in [0.717, 1.165) is 28.3 Å². The van der Waals surface area contributed by atoms with E-state index in [1.165, 1.54) is 6.33 Å². The maximum Gasteiger partial charge on any atom is 0.218 e. The SMILES string of the molecule is C=Cc1nc(COc2cc(NCc3c(C)cc(N)nc3C)ncn2)cn1C.CC.CC.CC. The molecular formula is C25H41N7O. The van der Waals surface area contributed by atoms with Crippen molar-refractivity contribution in [2.75, 3.05) is 11.1 Å². The fourth-order valence-electron chi connectivity index (χ4n) is 2.80. The zero-order valence-corrected chi connectivity index (χ0v) is 21.7. The van der Waals surface area contributed by atoms with E-state index in [1.54, 1.807) is 12.1 Å². The molecule has 182 valence electrons. The molecule has 0 fully saturated rings. The summed E-state index contributed by atoms with van der Waals surface area (Å²) in [5, 5.41) is 3.28. The summed E-state index contributed by atoms with van der Waals surface area (Å²) in [6.07, 6.45) is 5.06. The van der Waals surface area contributed by atoms with Gasteiger partial charge in [-0.15, -0.1) is 0 Å². The van der Waals surface area contributed by atoms with Gasteiger partial charge in [-0.1, -0.05) is 48.1 Å². The van der Waals surface area contributed by atoms with E-state index in [2.05, 4.69) is 31.8 Å². The molecule has 0 aliphatic carbocycles. The van der Waals surface area contributed by atoms with E-state index in [0.29, 0.717) is 30.7 Å². The number of pyridine rings is 1. The molecule has 0 amide bonds. The molecule has 0 radical (unpaired) electrons. The smallest absolute Gasteiger partial charge is 0.218 e. The van der Waals surface area contributed by atoms with E-state index >= 15 is 0 Å². The van der Waals surface area contributed by atoms with Crippen LogP contribution in [0.5, 0.6) is 5.88 Å². The molecule has 8 nitrogen and oxygen atoms in total. The van der Waals surface area contributed by atoms with Crippen molar-refractivity contribution in [1.82, 2.24) is 24.5 Å². The molecule has 3 rings (SSSR count). The number of imidazole rings is 1. The fourth-order valence-corrected chi connectivity index (χ4v) is 2.80. The maximum atomic E-state index is 5.78. The van der Waals surface area contributed by atoms with Crippen molar-refractivity contribution >= 4 is 17.7 Å². The van der Waals surface area contributed by atoms with Gasteiger partial charge in [0.05, 0.1) is 5.69 Å². The summed E-state index contributed by atoms with van der Waals surface area (Å²) in [4.78, 5) is 17.1. The summed E-state index contributed by atoms with van der Waals surface area (Å²) in [7, 11) is 1.91. The van der Waals surface area contributed by atoms with Crippen molar-refractivity contribution in [2.24, 2.45) is 7.05 Å². The van der Waals surface area contributed by atoms with Crippen LogP contribution in [-0.4, -0.2) is 24.5 Å². The molecule has 3 N–H and O–H groups in total. The first-order chi connectivity index (χ1) is 16.0. The number of hydrogen-bond donors (Lipinski definition) is 2. The molecule has 0 aliphatic heterocycles. The van der Waals surface area contributed by atoms with Crippen LogP contribution in [0.25, 0.3) is 6.08 Å². The predicted molar refractivity (Wildman–Crippen MR) is 139 cm³/mol. The summed E-state index contributed by atoms with van der Waals surface area (Å²) in [6, 6.07) is 3.62. The molecule has 0 aromatic carbocycles. The summed E-state index contributed by atoms with van der Waals surface area (Å²) in [5.41, 5.74) is 9.66. The van der Waals surface area contributed by atoms with Crippen molar-refractivity contribution < 1.29 is 4.74 Å². The summed E-state index contributed by atoms with van der Waals surface area (Å²) < 4.78 is 7.62. The Balaban J connectivity index is 0.00000158. The Kier molecular flexibility index (Phi) is 14.6. The van der Waals surface area contributed by atoms with Crippen LogP contribution in [0, 0.1) is 13.8 Å². The summed E-state index contributed by atoms with van der Waals surface area (Å²) in [5.74, 6) is 2.47. The monoisotopic (exact) mass is 455 g/mol. The molecule has 0 spiro atoms. The summed E-state index contributed by atoms with van der Waals surface area (Å²) >= 11 is 0. The zero-order chi connectivity index (χ0) is 25.4. The van der Waals surface area contributed by atoms with Crippen LogP contribution < -0.4 is 15.8 Å². The van der Waals surface area contributed by atoms with Crippen LogP contribution in [0.2, 0.25) is 0 Å². The van der Waals surface area contributed by atoms with Gasteiger partial charge in [-0.3, -0.25) is 0 Å². The zero-order valence-electron chi connectivity index (χ0n) is 21.7. The normalized spacial score (nSPS) is 9.24. The number of nitrogens with one attached hydrogen (secondary N) is 1. The molecule has 3 aromatic heterocycles. The lowest BCUT2D eigenvalue weighted by atomic mass is 10.1. The Labute approximate surface area is 199 Å². The van der Waals surface area contributed by atoms with Gasteiger partial charge < -0.3 is 20.4 Å². The minimum absolute atomic E-state index is 0.318. The van der Waals surface area contributed by atoms with Crippen LogP contribution in [0.1, 0.15) is 69.9 Å². The lowest BCUT2D eigenvalue weighted by Crippen LogP contribution is -2.08. The first kappa shape index (κ1) is 29.6. The molecule has 0 saturated heterocycles. The average Bonchev–Trinajstić information content (AvgIpc) is 3.21. The number of nitrogens with two attached hydrogens (primary N) is 1. The highest BCUT2D eigenvalue weighted by atomic mass is 16.5. The van der Waals surface area contributed by atoms with Crippen molar-refractivity contribution in [3.05, 3.63) is 59.6 Å². The van der Waals surface area contributed by atoms with Crippen LogP contribution in [0.15, 0.2) is 31.2 Å². The highest BCUT2D eigenvalue weighted by molar-refractivity contribution is 5.44. The molecule has 0 atom stereocenters. The van der Waals surface area contributed by atoms with Gasteiger partial charge in [-0.2, -0.15) is 0 Å². The first-order valence-corrected chi connectivity index (χ1v) is 11.5. The van der Waals surface area contributed by atoms with Crippen molar-refractivity contribution in [2.45, 2.75) is 68.5 Å². The Morgan fingerprint density at radius 2 is 1.73 bits per heavy atom. The third-order valence-electron chi connectivity index (χ3n) is 4.17. The third kappa shape index (κ3) is 9.31. The van der Waals surface area contributed by atoms with Crippen molar-refractivity contribution in [1.29, 1.82) is 0 Å². The van der Waals surface area contributed by atoms with Crippen LogP contribution in [0.3, 0.4) is 0 Å². The van der Waals surface area contributed by atoms with Gasteiger partial charge in [0, 0.05) is 31.5 Å². The predicted octanol–water partition coefficient (Wildman–Crippen LogP) is 5.72. The maximum absolute atomic E-state index is 5.78. The van der Waals surface area contributed by atoms with Gasteiger partial charge in [0.15, 0.2) is 0 Å². The van der Waals surface area contributed by atoms with Gasteiger partial charge in [-0.05, 0) is 37.1 Å². The molecule has 33 heavy (non-hydrogen) atoms.